The van der Waals surface area contributed by atoms with Crippen molar-refractivity contribution in [3.63, 3.8) is 0 Å². The first kappa shape index (κ1) is 19.6. The molecule has 0 radical (unpaired) electrons. The second-order valence-electron chi connectivity index (χ2n) is 3.54. The van der Waals surface area contributed by atoms with Crippen LogP contribution in [0.15, 0.2) is 0 Å². The molecule has 0 aromatic heterocycles. The lowest BCUT2D eigenvalue weighted by molar-refractivity contribution is -0.139. The number of halogens is 1. The summed E-state index contributed by atoms with van der Waals surface area (Å²) in [6, 6.07) is -1.04. The van der Waals surface area contributed by atoms with E-state index in [9.17, 15) is 18.0 Å². The molecule has 0 saturated heterocycles. The van der Waals surface area contributed by atoms with Gasteiger partial charge in [0.05, 0.1) is 6.26 Å². The van der Waals surface area contributed by atoms with Crippen LogP contribution in [0.25, 0.3) is 0 Å². The highest BCUT2D eigenvalue weighted by molar-refractivity contribution is 7.88. The van der Waals surface area contributed by atoms with E-state index in [1.54, 1.807) is 0 Å². The van der Waals surface area contributed by atoms with Crippen LogP contribution in [-0.2, 0) is 19.6 Å². The molecule has 18 heavy (non-hydrogen) atoms. The van der Waals surface area contributed by atoms with Crippen LogP contribution in [-0.4, -0.2) is 43.6 Å². The average Bonchev–Trinajstić information content (AvgIpc) is 2.13. The summed E-state index contributed by atoms with van der Waals surface area (Å²) >= 11 is 4.64. The topological polar surface area (TPSA) is 127 Å². The summed E-state index contributed by atoms with van der Waals surface area (Å²) in [6.07, 6.45) is 2.48. The van der Waals surface area contributed by atoms with Crippen LogP contribution in [0.2, 0.25) is 0 Å². The standard InChI is InChI=1S/C7H16N2O4S.C2H3ClO/c1-14(12,13)9-6(7(10)11)4-2-3-5-8;1-2(3)4/h6,9H,2-5,8H2,1H3,(H,10,11);1H3. The number of rotatable bonds is 7. The maximum atomic E-state index is 10.8. The first-order chi connectivity index (χ1) is 8.10. The second-order valence-corrected chi connectivity index (χ2v) is 5.85. The number of carboxylic acid groups (broad SMARTS) is 1. The van der Waals surface area contributed by atoms with E-state index in [1.807, 2.05) is 4.72 Å². The van der Waals surface area contributed by atoms with Crippen molar-refractivity contribution in [1.29, 1.82) is 0 Å². The maximum absolute atomic E-state index is 10.8. The van der Waals surface area contributed by atoms with Crippen LogP contribution in [0.5, 0.6) is 0 Å². The van der Waals surface area contributed by atoms with Crippen molar-refractivity contribution >= 4 is 32.8 Å². The summed E-state index contributed by atoms with van der Waals surface area (Å²) in [7, 11) is -3.47. The molecule has 9 heteroatoms. The number of nitrogens with one attached hydrogen (secondary N) is 1. The highest BCUT2D eigenvalue weighted by atomic mass is 35.5. The normalized spacial score (nSPS) is 12.2. The second kappa shape index (κ2) is 10.2. The van der Waals surface area contributed by atoms with Crippen molar-refractivity contribution in [2.45, 2.75) is 32.2 Å². The molecule has 1 atom stereocenters. The Morgan fingerprint density at radius 1 is 1.39 bits per heavy atom. The number of carbonyl (C=O) groups is 2. The van der Waals surface area contributed by atoms with Crippen LogP contribution >= 0.6 is 11.6 Å². The Morgan fingerprint density at radius 2 is 1.83 bits per heavy atom. The van der Waals surface area contributed by atoms with Gasteiger partial charge in [0.2, 0.25) is 15.3 Å². The number of carbonyl (C=O) groups excluding carboxylic acids is 1. The Bertz CT molecular complexity index is 354. The lowest BCUT2D eigenvalue weighted by Gasteiger charge is -2.11. The summed E-state index contributed by atoms with van der Waals surface area (Å²) < 4.78 is 23.6. The van der Waals surface area contributed by atoms with Crippen LogP contribution in [0.3, 0.4) is 0 Å². The van der Waals surface area contributed by atoms with Crippen molar-refractivity contribution in [3.05, 3.63) is 0 Å². The number of hydrogen-bond donors (Lipinski definition) is 3. The predicted octanol–water partition coefficient (Wildman–Crippen LogP) is -0.110. The number of carboxylic acids is 1. The van der Waals surface area contributed by atoms with Gasteiger partial charge in [0.15, 0.2) is 0 Å². The Kier molecular flexibility index (Phi) is 11.2. The third kappa shape index (κ3) is 17.7. The van der Waals surface area contributed by atoms with E-state index in [1.165, 1.54) is 6.92 Å². The largest absolute Gasteiger partial charge is 0.480 e. The molecule has 7 nitrogen and oxygen atoms in total. The molecule has 0 amide bonds. The summed E-state index contributed by atoms with van der Waals surface area (Å²) in [4.78, 5) is 19.8. The minimum absolute atomic E-state index is 0.263. The smallest absolute Gasteiger partial charge is 0.321 e. The molecule has 1 unspecified atom stereocenters. The van der Waals surface area contributed by atoms with E-state index < -0.39 is 22.0 Å². The summed E-state index contributed by atoms with van der Waals surface area (Å²) in [5.74, 6) is -1.16. The minimum Gasteiger partial charge on any atom is -0.480 e. The van der Waals surface area contributed by atoms with Crippen LogP contribution in [0, 0.1) is 0 Å². The number of hydrogen-bond acceptors (Lipinski definition) is 5. The number of sulfonamides is 1. The maximum Gasteiger partial charge on any atom is 0.321 e. The molecule has 0 aliphatic rings. The molecule has 0 aromatic rings. The number of aliphatic carboxylic acids is 1. The quantitative estimate of drug-likeness (QED) is 0.445. The highest BCUT2D eigenvalue weighted by Crippen LogP contribution is 2.01. The monoisotopic (exact) mass is 302 g/mol. The highest BCUT2D eigenvalue weighted by Gasteiger charge is 2.20. The molecule has 0 heterocycles. The zero-order valence-corrected chi connectivity index (χ0v) is 11.9. The van der Waals surface area contributed by atoms with Crippen LogP contribution in [0.1, 0.15) is 26.2 Å². The lowest BCUT2D eigenvalue weighted by atomic mass is 10.1. The molecular formula is C9H19ClN2O5S. The van der Waals surface area contributed by atoms with E-state index in [4.69, 9.17) is 10.8 Å². The molecule has 108 valence electrons. The van der Waals surface area contributed by atoms with E-state index in [0.29, 0.717) is 19.4 Å². The Hall–Kier alpha value is -0.700. The molecule has 0 spiro atoms. The van der Waals surface area contributed by atoms with Crippen LogP contribution in [0.4, 0.5) is 0 Å². The Balaban J connectivity index is 0. The van der Waals surface area contributed by atoms with E-state index in [2.05, 4.69) is 11.6 Å². The van der Waals surface area contributed by atoms with Gasteiger partial charge in [-0.15, -0.1) is 0 Å². The van der Waals surface area contributed by atoms with Gasteiger partial charge in [-0.25, -0.2) is 13.1 Å². The van der Waals surface area contributed by atoms with Gasteiger partial charge in [-0.05, 0) is 31.0 Å². The zero-order valence-electron chi connectivity index (χ0n) is 10.3. The van der Waals surface area contributed by atoms with Gasteiger partial charge in [0, 0.05) is 6.92 Å². The van der Waals surface area contributed by atoms with E-state index >= 15 is 0 Å². The minimum atomic E-state index is -3.47. The average molecular weight is 303 g/mol. The van der Waals surface area contributed by atoms with Gasteiger partial charge in [0.1, 0.15) is 6.04 Å². The number of nitrogens with two attached hydrogens (primary N) is 1. The van der Waals surface area contributed by atoms with Crippen molar-refractivity contribution in [2.75, 3.05) is 12.8 Å². The van der Waals surface area contributed by atoms with Gasteiger partial charge in [-0.1, -0.05) is 6.42 Å². The first-order valence-electron chi connectivity index (χ1n) is 5.16. The Labute approximate surface area is 112 Å². The van der Waals surface area contributed by atoms with Crippen molar-refractivity contribution in [2.24, 2.45) is 5.73 Å². The molecule has 0 bridgehead atoms. The molecule has 0 aromatic carbocycles. The summed E-state index contributed by atoms with van der Waals surface area (Å²) in [6.45, 7) is 1.77. The van der Waals surface area contributed by atoms with Crippen molar-refractivity contribution in [1.82, 2.24) is 4.72 Å². The van der Waals surface area contributed by atoms with E-state index in [0.717, 1.165) is 6.26 Å². The van der Waals surface area contributed by atoms with Gasteiger partial charge in [-0.3, -0.25) is 9.59 Å². The lowest BCUT2D eigenvalue weighted by Crippen LogP contribution is -2.40. The molecule has 0 aliphatic heterocycles. The predicted molar refractivity (Wildman–Crippen MR) is 68.8 cm³/mol. The zero-order chi connectivity index (χ0) is 14.8. The summed E-state index contributed by atoms with van der Waals surface area (Å²) in [5.41, 5.74) is 5.23. The van der Waals surface area contributed by atoms with Crippen LogP contribution < -0.4 is 10.5 Å². The van der Waals surface area contributed by atoms with Gasteiger partial charge in [0.25, 0.3) is 0 Å². The SMILES string of the molecule is CC(=O)Cl.CS(=O)(=O)NC(CCCCN)C(=O)O. The molecule has 0 rings (SSSR count). The Morgan fingerprint density at radius 3 is 2.11 bits per heavy atom. The molecule has 0 aliphatic carbocycles. The van der Waals surface area contributed by atoms with Crippen molar-refractivity contribution < 1.29 is 23.1 Å². The third-order valence-electron chi connectivity index (χ3n) is 1.60. The molecule has 0 saturated carbocycles. The third-order valence-corrected chi connectivity index (χ3v) is 2.31. The van der Waals surface area contributed by atoms with Gasteiger partial charge in [-0.2, -0.15) is 0 Å². The molecule has 0 fully saturated rings. The van der Waals surface area contributed by atoms with Gasteiger partial charge < -0.3 is 10.8 Å². The molecular weight excluding hydrogens is 284 g/mol. The summed E-state index contributed by atoms with van der Waals surface area (Å²) in [5, 5.41) is 8.32. The van der Waals surface area contributed by atoms with E-state index in [-0.39, 0.29) is 11.7 Å². The van der Waals surface area contributed by atoms with Gasteiger partial charge >= 0.3 is 5.97 Å². The van der Waals surface area contributed by atoms with Crippen molar-refractivity contribution in [3.8, 4) is 0 Å². The fraction of sp³-hybridized carbons (Fsp3) is 0.778. The fourth-order valence-corrected chi connectivity index (χ4v) is 1.72. The molecule has 4 N–H and O–H groups in total. The first-order valence-corrected chi connectivity index (χ1v) is 7.43. The number of unbranched alkanes of at least 4 members (excludes halogenated alkanes) is 1. The fourth-order valence-electron chi connectivity index (χ4n) is 0.984.